The van der Waals surface area contributed by atoms with Crippen LogP contribution in [0.4, 0.5) is 0 Å². The number of hydrogen-bond donors (Lipinski definition) is 1. The van der Waals surface area contributed by atoms with E-state index in [4.69, 9.17) is 4.74 Å². The van der Waals surface area contributed by atoms with Gasteiger partial charge in [0.2, 0.25) is 0 Å². The fourth-order valence-electron chi connectivity index (χ4n) is 4.86. The predicted octanol–water partition coefficient (Wildman–Crippen LogP) is 3.19. The van der Waals surface area contributed by atoms with Crippen LogP contribution in [0.25, 0.3) is 0 Å². The molecule has 0 aromatic rings. The van der Waals surface area contributed by atoms with Gasteiger partial charge in [0.25, 0.3) is 0 Å². The molecule has 3 fully saturated rings. The van der Waals surface area contributed by atoms with Gasteiger partial charge in [-0.15, -0.1) is 0 Å². The standard InChI is InChI=1S/C18H34N2O/c1-2-11-19-14-18(9-4-3-5-10-18)15-20-12-13-21-17-8-6-7-16(17)20/h16-17,19H,2-15H2,1H3. The predicted molar refractivity (Wildman–Crippen MR) is 87.6 cm³/mol. The van der Waals surface area contributed by atoms with Crippen LogP contribution in [0.3, 0.4) is 0 Å². The minimum atomic E-state index is 0.540. The van der Waals surface area contributed by atoms with Gasteiger partial charge in [0.05, 0.1) is 12.7 Å². The Balaban J connectivity index is 1.62. The van der Waals surface area contributed by atoms with Gasteiger partial charge < -0.3 is 10.1 Å². The Bertz CT molecular complexity index is 314. The van der Waals surface area contributed by atoms with Gasteiger partial charge in [-0.3, -0.25) is 4.90 Å². The fraction of sp³-hybridized carbons (Fsp3) is 1.00. The number of hydrogen-bond acceptors (Lipinski definition) is 3. The molecule has 1 heterocycles. The molecule has 3 aliphatic rings. The molecule has 0 spiro atoms. The van der Waals surface area contributed by atoms with Crippen molar-refractivity contribution in [3.8, 4) is 0 Å². The summed E-state index contributed by atoms with van der Waals surface area (Å²) in [6.45, 7) is 8.11. The van der Waals surface area contributed by atoms with Gasteiger partial charge >= 0.3 is 0 Å². The van der Waals surface area contributed by atoms with Crippen LogP contribution in [-0.4, -0.2) is 49.8 Å². The van der Waals surface area contributed by atoms with Crippen molar-refractivity contribution in [1.82, 2.24) is 10.2 Å². The van der Waals surface area contributed by atoms with Crippen molar-refractivity contribution >= 4 is 0 Å². The number of ether oxygens (including phenoxy) is 1. The largest absolute Gasteiger partial charge is 0.375 e. The molecule has 21 heavy (non-hydrogen) atoms. The highest BCUT2D eigenvalue weighted by molar-refractivity contribution is 4.94. The van der Waals surface area contributed by atoms with Crippen LogP contribution >= 0.6 is 0 Å². The van der Waals surface area contributed by atoms with E-state index in [2.05, 4.69) is 17.1 Å². The van der Waals surface area contributed by atoms with E-state index in [1.165, 1.54) is 77.4 Å². The molecule has 0 aromatic heterocycles. The number of morpholine rings is 1. The molecular formula is C18H34N2O. The van der Waals surface area contributed by atoms with Crippen LogP contribution in [0.5, 0.6) is 0 Å². The van der Waals surface area contributed by atoms with Crippen LogP contribution in [0, 0.1) is 5.41 Å². The molecule has 3 rings (SSSR count). The highest BCUT2D eigenvalue weighted by atomic mass is 16.5. The third kappa shape index (κ3) is 3.80. The maximum atomic E-state index is 6.00. The Kier molecular flexibility index (Phi) is 5.58. The molecule has 3 heteroatoms. The monoisotopic (exact) mass is 294 g/mol. The third-order valence-electron chi connectivity index (χ3n) is 5.98. The molecule has 2 atom stereocenters. The minimum absolute atomic E-state index is 0.540. The zero-order valence-corrected chi connectivity index (χ0v) is 13.9. The van der Waals surface area contributed by atoms with Gasteiger partial charge in [0.1, 0.15) is 0 Å². The third-order valence-corrected chi connectivity index (χ3v) is 5.98. The van der Waals surface area contributed by atoms with E-state index in [1.807, 2.05) is 0 Å². The summed E-state index contributed by atoms with van der Waals surface area (Å²) in [5.74, 6) is 0. The lowest BCUT2D eigenvalue weighted by Crippen LogP contribution is -2.54. The minimum Gasteiger partial charge on any atom is -0.375 e. The number of nitrogens with zero attached hydrogens (tertiary/aromatic N) is 1. The smallest absolute Gasteiger partial charge is 0.0730 e. The summed E-state index contributed by atoms with van der Waals surface area (Å²) in [5.41, 5.74) is 0.540. The van der Waals surface area contributed by atoms with Crippen molar-refractivity contribution in [2.24, 2.45) is 5.41 Å². The lowest BCUT2D eigenvalue weighted by molar-refractivity contribution is -0.0722. The first kappa shape index (κ1) is 15.8. The number of nitrogens with one attached hydrogen (secondary N) is 1. The molecule has 0 aromatic carbocycles. The molecule has 1 aliphatic heterocycles. The number of rotatable bonds is 6. The van der Waals surface area contributed by atoms with E-state index in [0.717, 1.165) is 19.2 Å². The van der Waals surface area contributed by atoms with Crippen LogP contribution < -0.4 is 5.32 Å². The molecule has 3 nitrogen and oxygen atoms in total. The second kappa shape index (κ2) is 7.43. The lowest BCUT2D eigenvalue weighted by atomic mass is 9.73. The van der Waals surface area contributed by atoms with Crippen LogP contribution in [0.15, 0.2) is 0 Å². The SMILES string of the molecule is CCCNCC1(CN2CCOC3CCCC32)CCCCC1. The Labute approximate surface area is 130 Å². The molecule has 2 unspecified atom stereocenters. The molecule has 1 N–H and O–H groups in total. The topological polar surface area (TPSA) is 24.5 Å². The van der Waals surface area contributed by atoms with Crippen molar-refractivity contribution in [3.05, 3.63) is 0 Å². The van der Waals surface area contributed by atoms with Gasteiger partial charge in [-0.1, -0.05) is 26.2 Å². The highest BCUT2D eigenvalue weighted by Gasteiger charge is 2.41. The van der Waals surface area contributed by atoms with Gasteiger partial charge in [-0.2, -0.15) is 0 Å². The Morgan fingerprint density at radius 3 is 2.81 bits per heavy atom. The zero-order chi connectivity index (χ0) is 14.5. The van der Waals surface area contributed by atoms with Crippen LogP contribution in [-0.2, 0) is 4.74 Å². The van der Waals surface area contributed by atoms with E-state index in [1.54, 1.807) is 0 Å². The summed E-state index contributed by atoms with van der Waals surface area (Å²) >= 11 is 0. The maximum Gasteiger partial charge on any atom is 0.0730 e. The van der Waals surface area contributed by atoms with Crippen LogP contribution in [0.2, 0.25) is 0 Å². The summed E-state index contributed by atoms with van der Waals surface area (Å²) < 4.78 is 6.00. The average Bonchev–Trinajstić information content (AvgIpc) is 2.98. The molecule has 0 amide bonds. The van der Waals surface area contributed by atoms with E-state index < -0.39 is 0 Å². The molecule has 0 bridgehead atoms. The molecule has 2 aliphatic carbocycles. The molecule has 122 valence electrons. The van der Waals surface area contributed by atoms with Crippen molar-refractivity contribution in [1.29, 1.82) is 0 Å². The zero-order valence-electron chi connectivity index (χ0n) is 13.9. The Morgan fingerprint density at radius 1 is 1.14 bits per heavy atom. The molecule has 2 saturated carbocycles. The van der Waals surface area contributed by atoms with Crippen molar-refractivity contribution in [3.63, 3.8) is 0 Å². The van der Waals surface area contributed by atoms with Gasteiger partial charge in [0.15, 0.2) is 0 Å². The summed E-state index contributed by atoms with van der Waals surface area (Å²) in [5, 5.41) is 3.74. The second-order valence-electron chi connectivity index (χ2n) is 7.62. The number of fused-ring (bicyclic) bond motifs is 1. The van der Waals surface area contributed by atoms with Crippen LogP contribution in [0.1, 0.15) is 64.7 Å². The summed E-state index contributed by atoms with van der Waals surface area (Å²) in [4.78, 5) is 2.81. The fourth-order valence-corrected chi connectivity index (χ4v) is 4.86. The van der Waals surface area contributed by atoms with Gasteiger partial charge in [0, 0.05) is 25.7 Å². The summed E-state index contributed by atoms with van der Waals surface area (Å²) in [6, 6.07) is 0.726. The average molecular weight is 294 g/mol. The van der Waals surface area contributed by atoms with Gasteiger partial charge in [-0.05, 0) is 50.5 Å². The van der Waals surface area contributed by atoms with Crippen molar-refractivity contribution in [2.75, 3.05) is 32.8 Å². The Morgan fingerprint density at radius 2 is 2.00 bits per heavy atom. The van der Waals surface area contributed by atoms with Crippen molar-refractivity contribution in [2.45, 2.75) is 76.9 Å². The second-order valence-corrected chi connectivity index (χ2v) is 7.62. The lowest BCUT2D eigenvalue weighted by Gasteiger charge is -2.46. The first-order valence-electron chi connectivity index (χ1n) is 9.39. The Hall–Kier alpha value is -0.120. The first-order chi connectivity index (χ1) is 10.3. The normalized spacial score (nSPS) is 33.0. The molecular weight excluding hydrogens is 260 g/mol. The van der Waals surface area contributed by atoms with E-state index >= 15 is 0 Å². The summed E-state index contributed by atoms with van der Waals surface area (Å²) in [6.07, 6.45) is 13.0. The van der Waals surface area contributed by atoms with Crippen molar-refractivity contribution < 1.29 is 4.74 Å². The quantitative estimate of drug-likeness (QED) is 0.761. The van der Waals surface area contributed by atoms with E-state index in [9.17, 15) is 0 Å². The highest BCUT2D eigenvalue weighted by Crippen LogP contribution is 2.39. The maximum absolute atomic E-state index is 6.00. The van der Waals surface area contributed by atoms with E-state index in [0.29, 0.717) is 11.5 Å². The van der Waals surface area contributed by atoms with E-state index in [-0.39, 0.29) is 0 Å². The first-order valence-corrected chi connectivity index (χ1v) is 9.39. The summed E-state index contributed by atoms with van der Waals surface area (Å²) in [7, 11) is 0. The molecule has 1 saturated heterocycles. The molecule has 0 radical (unpaired) electrons. The van der Waals surface area contributed by atoms with Gasteiger partial charge in [-0.25, -0.2) is 0 Å².